The predicted octanol–water partition coefficient (Wildman–Crippen LogP) is 2.64. The fraction of sp³-hybridized carbons (Fsp3) is 0.500. The molecule has 0 bridgehead atoms. The molecule has 114 valence electrons. The smallest absolute Gasteiger partial charge is 0.335 e. The Hall–Kier alpha value is -2.04. The number of hydrogen-bond donors (Lipinski definition) is 2. The Labute approximate surface area is 125 Å². The molecule has 1 aromatic rings. The first-order valence-electron chi connectivity index (χ1n) is 7.49. The highest BCUT2D eigenvalue weighted by atomic mass is 16.4. The summed E-state index contributed by atoms with van der Waals surface area (Å²) in [5, 5.41) is 12.0. The number of urea groups is 1. The summed E-state index contributed by atoms with van der Waals surface area (Å²) in [5.41, 5.74) is 2.35. The summed E-state index contributed by atoms with van der Waals surface area (Å²) >= 11 is 0. The highest BCUT2D eigenvalue weighted by Gasteiger charge is 2.21. The molecule has 0 atom stereocenters. The molecule has 0 unspecified atom stereocenters. The van der Waals surface area contributed by atoms with E-state index in [1.54, 1.807) is 17.0 Å². The van der Waals surface area contributed by atoms with Crippen LogP contribution in [0.3, 0.4) is 0 Å². The lowest BCUT2D eigenvalue weighted by Crippen LogP contribution is -2.43. The predicted molar refractivity (Wildman–Crippen MR) is 80.4 cm³/mol. The van der Waals surface area contributed by atoms with Gasteiger partial charge in [0.2, 0.25) is 0 Å². The van der Waals surface area contributed by atoms with Crippen molar-refractivity contribution in [2.75, 3.05) is 13.1 Å². The average Bonchev–Trinajstić information content (AvgIpc) is 2.50. The van der Waals surface area contributed by atoms with Crippen LogP contribution in [0.4, 0.5) is 4.79 Å². The molecule has 0 aromatic heterocycles. The van der Waals surface area contributed by atoms with E-state index in [0.717, 1.165) is 36.8 Å². The van der Waals surface area contributed by atoms with Gasteiger partial charge in [0.05, 0.1) is 5.56 Å². The van der Waals surface area contributed by atoms with E-state index in [1.165, 1.54) is 0 Å². The lowest BCUT2D eigenvalue weighted by Gasteiger charge is -2.29. The van der Waals surface area contributed by atoms with E-state index in [2.05, 4.69) is 12.2 Å². The summed E-state index contributed by atoms with van der Waals surface area (Å²) in [5.74, 6) is -0.932. The minimum absolute atomic E-state index is 0.0579. The van der Waals surface area contributed by atoms with E-state index in [0.29, 0.717) is 19.6 Å². The highest BCUT2D eigenvalue weighted by molar-refractivity contribution is 5.88. The number of aromatic carboxylic acids is 1. The molecule has 1 aliphatic rings. The second-order valence-corrected chi connectivity index (χ2v) is 5.40. The van der Waals surface area contributed by atoms with Crippen molar-refractivity contribution in [1.29, 1.82) is 0 Å². The average molecular weight is 290 g/mol. The van der Waals surface area contributed by atoms with E-state index in [-0.39, 0.29) is 11.6 Å². The molecule has 5 heteroatoms. The zero-order valence-corrected chi connectivity index (χ0v) is 12.4. The van der Waals surface area contributed by atoms with Gasteiger partial charge in [0.15, 0.2) is 0 Å². The van der Waals surface area contributed by atoms with Crippen molar-refractivity contribution in [3.8, 4) is 0 Å². The van der Waals surface area contributed by atoms with Crippen molar-refractivity contribution in [3.05, 3.63) is 34.9 Å². The number of nitrogens with one attached hydrogen (secondary N) is 1. The molecule has 0 radical (unpaired) electrons. The van der Waals surface area contributed by atoms with Crippen LogP contribution in [0, 0.1) is 0 Å². The quantitative estimate of drug-likeness (QED) is 0.819. The lowest BCUT2D eigenvalue weighted by atomic mass is 9.97. The van der Waals surface area contributed by atoms with Crippen LogP contribution in [-0.4, -0.2) is 35.1 Å². The van der Waals surface area contributed by atoms with Crippen molar-refractivity contribution in [2.24, 2.45) is 0 Å². The van der Waals surface area contributed by atoms with Gasteiger partial charge in [-0.1, -0.05) is 25.8 Å². The van der Waals surface area contributed by atoms with Gasteiger partial charge in [-0.3, -0.25) is 0 Å². The van der Waals surface area contributed by atoms with Crippen molar-refractivity contribution < 1.29 is 14.7 Å². The normalized spacial score (nSPS) is 13.7. The van der Waals surface area contributed by atoms with Gasteiger partial charge < -0.3 is 15.3 Å². The summed E-state index contributed by atoms with van der Waals surface area (Å²) in [7, 11) is 0. The van der Waals surface area contributed by atoms with Gasteiger partial charge in [0.1, 0.15) is 0 Å². The third-order valence-corrected chi connectivity index (χ3v) is 3.81. The number of unbranched alkanes of at least 4 members (excludes halogenated alkanes) is 2. The Balaban J connectivity index is 1.96. The van der Waals surface area contributed by atoms with Crippen molar-refractivity contribution in [2.45, 2.75) is 39.2 Å². The molecule has 1 heterocycles. The maximum atomic E-state index is 12.1. The lowest BCUT2D eigenvalue weighted by molar-refractivity contribution is 0.0696. The Kier molecular flexibility index (Phi) is 5.20. The number of carbonyl (C=O) groups excluding carboxylic acids is 1. The van der Waals surface area contributed by atoms with Crippen LogP contribution in [0.2, 0.25) is 0 Å². The molecule has 1 aromatic carbocycles. The zero-order valence-electron chi connectivity index (χ0n) is 12.4. The Morgan fingerprint density at radius 1 is 1.29 bits per heavy atom. The second-order valence-electron chi connectivity index (χ2n) is 5.40. The van der Waals surface area contributed by atoms with E-state index >= 15 is 0 Å². The molecule has 0 spiro atoms. The van der Waals surface area contributed by atoms with Gasteiger partial charge in [0.25, 0.3) is 0 Å². The Morgan fingerprint density at radius 2 is 2.10 bits per heavy atom. The standard InChI is InChI=1S/C16H22N2O3/c1-2-3-4-8-17-16(21)18-9-7-12-5-6-13(15(19)20)10-14(12)11-18/h5-6,10H,2-4,7-9,11H2,1H3,(H,17,21)(H,19,20). The number of carboxylic acids is 1. The Morgan fingerprint density at radius 3 is 2.81 bits per heavy atom. The number of carboxylic acid groups (broad SMARTS) is 1. The SMILES string of the molecule is CCCCCNC(=O)N1CCc2ccc(C(=O)O)cc2C1. The minimum Gasteiger partial charge on any atom is -0.478 e. The summed E-state index contributed by atoms with van der Waals surface area (Å²) < 4.78 is 0. The van der Waals surface area contributed by atoms with Gasteiger partial charge >= 0.3 is 12.0 Å². The maximum absolute atomic E-state index is 12.1. The second kappa shape index (κ2) is 7.11. The van der Waals surface area contributed by atoms with Crippen LogP contribution < -0.4 is 5.32 Å². The fourth-order valence-electron chi connectivity index (χ4n) is 2.55. The molecule has 2 N–H and O–H groups in total. The maximum Gasteiger partial charge on any atom is 0.335 e. The molecule has 2 rings (SSSR count). The molecule has 0 aliphatic carbocycles. The largest absolute Gasteiger partial charge is 0.478 e. The van der Waals surface area contributed by atoms with E-state index < -0.39 is 5.97 Å². The summed E-state index contributed by atoms with van der Waals surface area (Å²) in [6, 6.07) is 5.10. The van der Waals surface area contributed by atoms with Crippen molar-refractivity contribution in [3.63, 3.8) is 0 Å². The van der Waals surface area contributed by atoms with Gasteiger partial charge in [-0.25, -0.2) is 9.59 Å². The first-order valence-corrected chi connectivity index (χ1v) is 7.49. The molecule has 2 amide bonds. The number of amides is 2. The van der Waals surface area contributed by atoms with Crippen LogP contribution in [-0.2, 0) is 13.0 Å². The van der Waals surface area contributed by atoms with Crippen LogP contribution in [0.15, 0.2) is 18.2 Å². The summed E-state index contributed by atoms with van der Waals surface area (Å²) in [4.78, 5) is 24.9. The van der Waals surface area contributed by atoms with Gasteiger partial charge in [-0.15, -0.1) is 0 Å². The third-order valence-electron chi connectivity index (χ3n) is 3.81. The number of benzene rings is 1. The molecular weight excluding hydrogens is 268 g/mol. The monoisotopic (exact) mass is 290 g/mol. The fourth-order valence-corrected chi connectivity index (χ4v) is 2.55. The summed E-state index contributed by atoms with van der Waals surface area (Å²) in [6.45, 7) is 3.99. The molecule has 1 aliphatic heterocycles. The zero-order chi connectivity index (χ0) is 15.2. The van der Waals surface area contributed by atoms with Crippen LogP contribution >= 0.6 is 0 Å². The number of carbonyl (C=O) groups is 2. The van der Waals surface area contributed by atoms with Gasteiger partial charge in [-0.05, 0) is 36.1 Å². The molecular formula is C16H22N2O3. The van der Waals surface area contributed by atoms with Gasteiger partial charge in [-0.2, -0.15) is 0 Å². The van der Waals surface area contributed by atoms with Crippen LogP contribution in [0.5, 0.6) is 0 Å². The first kappa shape index (κ1) is 15.4. The first-order chi connectivity index (χ1) is 10.1. The molecule has 0 saturated carbocycles. The van der Waals surface area contributed by atoms with E-state index in [1.807, 2.05) is 6.07 Å². The van der Waals surface area contributed by atoms with Crippen LogP contribution in [0.1, 0.15) is 47.7 Å². The number of rotatable bonds is 5. The number of fused-ring (bicyclic) bond motifs is 1. The molecule has 0 fully saturated rings. The van der Waals surface area contributed by atoms with Crippen molar-refractivity contribution >= 4 is 12.0 Å². The summed E-state index contributed by atoms with van der Waals surface area (Å²) in [6.07, 6.45) is 4.02. The Bertz CT molecular complexity index is 528. The van der Waals surface area contributed by atoms with E-state index in [4.69, 9.17) is 5.11 Å². The number of hydrogen-bond acceptors (Lipinski definition) is 2. The topological polar surface area (TPSA) is 69.6 Å². The van der Waals surface area contributed by atoms with Gasteiger partial charge in [0, 0.05) is 19.6 Å². The third kappa shape index (κ3) is 3.97. The molecule has 5 nitrogen and oxygen atoms in total. The molecule has 21 heavy (non-hydrogen) atoms. The number of nitrogens with zero attached hydrogens (tertiary/aromatic N) is 1. The van der Waals surface area contributed by atoms with Crippen LogP contribution in [0.25, 0.3) is 0 Å². The highest BCUT2D eigenvalue weighted by Crippen LogP contribution is 2.20. The molecule has 0 saturated heterocycles. The van der Waals surface area contributed by atoms with Crippen molar-refractivity contribution in [1.82, 2.24) is 10.2 Å². The minimum atomic E-state index is -0.932. The van der Waals surface area contributed by atoms with E-state index in [9.17, 15) is 9.59 Å².